The quantitative estimate of drug-likeness (QED) is 0.685. The van der Waals surface area contributed by atoms with Crippen LogP contribution < -0.4 is 10.2 Å². The van der Waals surface area contributed by atoms with Crippen molar-refractivity contribution in [2.24, 2.45) is 0 Å². The molecule has 1 aromatic heterocycles. The molecule has 0 radical (unpaired) electrons. The van der Waals surface area contributed by atoms with Crippen molar-refractivity contribution in [2.75, 3.05) is 4.90 Å². The molecule has 2 N–H and O–H groups in total. The lowest BCUT2D eigenvalue weighted by Gasteiger charge is -2.18. The SMILES string of the molecule is O=C1NC(Cc2cc3ccccc3[nH]2)C(=O)N1c1ccccc1C(F)(F)F. The molecule has 1 aliphatic heterocycles. The summed E-state index contributed by atoms with van der Waals surface area (Å²) in [4.78, 5) is 28.6. The number of fused-ring (bicyclic) bond motifs is 1. The van der Waals surface area contributed by atoms with Crippen LogP contribution in [-0.2, 0) is 17.4 Å². The van der Waals surface area contributed by atoms with Crippen molar-refractivity contribution in [2.45, 2.75) is 18.6 Å². The second kappa shape index (κ2) is 6.15. The number of imide groups is 1. The predicted molar refractivity (Wildman–Crippen MR) is 93.3 cm³/mol. The molecule has 2 heterocycles. The summed E-state index contributed by atoms with van der Waals surface area (Å²) in [7, 11) is 0. The van der Waals surface area contributed by atoms with Gasteiger partial charge in [-0.2, -0.15) is 13.2 Å². The molecule has 0 bridgehead atoms. The van der Waals surface area contributed by atoms with Crippen molar-refractivity contribution >= 4 is 28.5 Å². The van der Waals surface area contributed by atoms with Gasteiger partial charge in [0.15, 0.2) is 0 Å². The van der Waals surface area contributed by atoms with Gasteiger partial charge in [-0.3, -0.25) is 4.79 Å². The van der Waals surface area contributed by atoms with Crippen molar-refractivity contribution in [1.29, 1.82) is 0 Å². The molecule has 0 spiro atoms. The summed E-state index contributed by atoms with van der Waals surface area (Å²) in [5.74, 6) is -0.713. The summed E-state index contributed by atoms with van der Waals surface area (Å²) in [5.41, 5.74) is 0.0933. The van der Waals surface area contributed by atoms with Crippen LogP contribution in [0.5, 0.6) is 0 Å². The molecule has 5 nitrogen and oxygen atoms in total. The van der Waals surface area contributed by atoms with E-state index >= 15 is 0 Å². The standard InChI is InChI=1S/C19H14F3N3O2/c20-19(21,22)13-6-2-4-8-16(13)25-17(26)15(24-18(25)27)10-12-9-11-5-1-3-7-14(11)23-12/h1-9,15,23H,10H2,(H,24,27). The Hall–Kier alpha value is -3.29. The summed E-state index contributed by atoms with van der Waals surface area (Å²) >= 11 is 0. The van der Waals surface area contributed by atoms with Crippen molar-refractivity contribution in [3.63, 3.8) is 0 Å². The highest BCUT2D eigenvalue weighted by molar-refractivity contribution is 6.21. The third-order valence-electron chi connectivity index (χ3n) is 4.48. The van der Waals surface area contributed by atoms with Gasteiger partial charge in [-0.15, -0.1) is 0 Å². The van der Waals surface area contributed by atoms with Gasteiger partial charge in [-0.25, -0.2) is 9.69 Å². The Kier molecular flexibility index (Phi) is 3.91. The van der Waals surface area contributed by atoms with Gasteiger partial charge in [0.2, 0.25) is 0 Å². The van der Waals surface area contributed by atoms with Gasteiger partial charge in [0.25, 0.3) is 5.91 Å². The zero-order valence-corrected chi connectivity index (χ0v) is 13.9. The first kappa shape index (κ1) is 17.1. The molecular formula is C19H14F3N3O2. The first-order valence-electron chi connectivity index (χ1n) is 8.22. The third-order valence-corrected chi connectivity index (χ3v) is 4.48. The minimum absolute atomic E-state index is 0.157. The number of urea groups is 1. The number of alkyl halides is 3. The second-order valence-corrected chi connectivity index (χ2v) is 6.28. The second-order valence-electron chi connectivity index (χ2n) is 6.28. The highest BCUT2D eigenvalue weighted by atomic mass is 19.4. The Morgan fingerprint density at radius 2 is 1.70 bits per heavy atom. The number of H-pyrrole nitrogens is 1. The van der Waals surface area contributed by atoms with Crippen LogP contribution in [0.15, 0.2) is 54.6 Å². The van der Waals surface area contributed by atoms with E-state index in [1.165, 1.54) is 12.1 Å². The number of rotatable bonds is 3. The number of anilines is 1. The molecule has 8 heteroatoms. The Labute approximate surface area is 151 Å². The molecule has 1 atom stereocenters. The van der Waals surface area contributed by atoms with Gasteiger partial charge >= 0.3 is 12.2 Å². The number of amides is 3. The van der Waals surface area contributed by atoms with Crippen LogP contribution in [0.25, 0.3) is 10.9 Å². The molecule has 1 saturated heterocycles. The maximum absolute atomic E-state index is 13.2. The minimum atomic E-state index is -4.67. The molecular weight excluding hydrogens is 359 g/mol. The maximum atomic E-state index is 13.2. The number of carbonyl (C=O) groups excluding carboxylic acids is 2. The van der Waals surface area contributed by atoms with E-state index in [4.69, 9.17) is 0 Å². The summed E-state index contributed by atoms with van der Waals surface area (Å²) in [5, 5.41) is 3.42. The summed E-state index contributed by atoms with van der Waals surface area (Å²) < 4.78 is 39.7. The van der Waals surface area contributed by atoms with Gasteiger partial charge in [0.1, 0.15) is 6.04 Å². The van der Waals surface area contributed by atoms with Crippen molar-refractivity contribution in [3.05, 3.63) is 65.9 Å². The number of hydrogen-bond donors (Lipinski definition) is 2. The van der Waals surface area contributed by atoms with Gasteiger partial charge in [-0.1, -0.05) is 30.3 Å². The third kappa shape index (κ3) is 3.03. The Bertz CT molecular complexity index is 1010. The van der Waals surface area contributed by atoms with Crippen LogP contribution in [0, 0.1) is 0 Å². The molecule has 3 amide bonds. The van der Waals surface area contributed by atoms with Crippen molar-refractivity contribution in [3.8, 4) is 0 Å². The van der Waals surface area contributed by atoms with E-state index in [9.17, 15) is 22.8 Å². The fourth-order valence-electron chi connectivity index (χ4n) is 3.27. The highest BCUT2D eigenvalue weighted by Gasteiger charge is 2.43. The molecule has 0 saturated carbocycles. The number of nitrogens with one attached hydrogen (secondary N) is 2. The van der Waals surface area contributed by atoms with E-state index in [-0.39, 0.29) is 6.42 Å². The number of aromatic amines is 1. The van der Waals surface area contributed by atoms with Gasteiger partial charge < -0.3 is 10.3 Å². The van der Waals surface area contributed by atoms with E-state index in [0.717, 1.165) is 23.0 Å². The number of carbonyl (C=O) groups is 2. The summed E-state index contributed by atoms with van der Waals surface area (Å²) in [6, 6.07) is 12.1. The lowest BCUT2D eigenvalue weighted by Crippen LogP contribution is -2.33. The molecule has 1 aliphatic rings. The number of nitrogens with zero attached hydrogens (tertiary/aromatic N) is 1. The average Bonchev–Trinajstić information content (AvgIpc) is 3.14. The number of hydrogen-bond acceptors (Lipinski definition) is 2. The van der Waals surface area contributed by atoms with Crippen LogP contribution in [0.2, 0.25) is 0 Å². The van der Waals surface area contributed by atoms with Crippen LogP contribution >= 0.6 is 0 Å². The molecule has 138 valence electrons. The Morgan fingerprint density at radius 3 is 2.44 bits per heavy atom. The molecule has 0 aliphatic carbocycles. The molecule has 27 heavy (non-hydrogen) atoms. The Balaban J connectivity index is 1.63. The normalized spacial score (nSPS) is 17.6. The van der Waals surface area contributed by atoms with Crippen molar-refractivity contribution in [1.82, 2.24) is 10.3 Å². The topological polar surface area (TPSA) is 65.2 Å². The predicted octanol–water partition coefficient (Wildman–Crippen LogP) is 3.85. The monoisotopic (exact) mass is 373 g/mol. The number of halogens is 3. The molecule has 4 rings (SSSR count). The molecule has 1 fully saturated rings. The molecule has 3 aromatic rings. The summed E-state index contributed by atoms with van der Waals surface area (Å²) in [6.45, 7) is 0. The molecule has 2 aromatic carbocycles. The van der Waals surface area contributed by atoms with Gasteiger partial charge in [0.05, 0.1) is 11.3 Å². The fraction of sp³-hybridized carbons (Fsp3) is 0.158. The first-order valence-corrected chi connectivity index (χ1v) is 8.22. The zero-order valence-electron chi connectivity index (χ0n) is 13.9. The average molecular weight is 373 g/mol. The van der Waals surface area contributed by atoms with Crippen LogP contribution in [0.4, 0.5) is 23.7 Å². The van der Waals surface area contributed by atoms with Gasteiger partial charge in [0, 0.05) is 17.6 Å². The highest BCUT2D eigenvalue weighted by Crippen LogP contribution is 2.37. The van der Waals surface area contributed by atoms with E-state index in [1.54, 1.807) is 0 Å². The van der Waals surface area contributed by atoms with E-state index in [1.807, 2.05) is 30.3 Å². The zero-order chi connectivity index (χ0) is 19.2. The van der Waals surface area contributed by atoms with Crippen molar-refractivity contribution < 1.29 is 22.8 Å². The first-order chi connectivity index (χ1) is 12.8. The van der Waals surface area contributed by atoms with Crippen LogP contribution in [-0.4, -0.2) is 23.0 Å². The maximum Gasteiger partial charge on any atom is 0.418 e. The fourth-order valence-corrected chi connectivity index (χ4v) is 3.27. The largest absolute Gasteiger partial charge is 0.418 e. The Morgan fingerprint density at radius 1 is 1.00 bits per heavy atom. The lowest BCUT2D eigenvalue weighted by atomic mass is 10.1. The van der Waals surface area contributed by atoms with E-state index in [0.29, 0.717) is 10.6 Å². The van der Waals surface area contributed by atoms with Gasteiger partial charge in [-0.05, 0) is 29.7 Å². The van der Waals surface area contributed by atoms with E-state index in [2.05, 4.69) is 10.3 Å². The number of benzene rings is 2. The number of para-hydroxylation sites is 2. The minimum Gasteiger partial charge on any atom is -0.358 e. The summed E-state index contributed by atoms with van der Waals surface area (Å²) in [6.07, 6.45) is -4.52. The molecule has 1 unspecified atom stereocenters. The lowest BCUT2D eigenvalue weighted by molar-refractivity contribution is -0.137. The number of aromatic nitrogens is 1. The van der Waals surface area contributed by atoms with E-state index < -0.39 is 35.4 Å². The smallest absolute Gasteiger partial charge is 0.358 e. The van der Waals surface area contributed by atoms with Crippen LogP contribution in [0.1, 0.15) is 11.3 Å². The van der Waals surface area contributed by atoms with Crippen LogP contribution in [0.3, 0.4) is 0 Å².